The monoisotopic (exact) mass is 354 g/mol. The third-order valence-electron chi connectivity index (χ3n) is 4.34. The third kappa shape index (κ3) is 3.80. The van der Waals surface area contributed by atoms with Gasteiger partial charge in [-0.1, -0.05) is 48.5 Å². The number of aromatic nitrogens is 1. The van der Waals surface area contributed by atoms with Crippen LogP contribution in [-0.2, 0) is 6.42 Å². The predicted octanol–water partition coefficient (Wildman–Crippen LogP) is 4.63. The van der Waals surface area contributed by atoms with E-state index in [0.29, 0.717) is 23.6 Å². The Kier molecular flexibility index (Phi) is 4.54. The molecule has 4 nitrogen and oxygen atoms in total. The highest BCUT2D eigenvalue weighted by atomic mass is 16.5. The molecule has 0 bridgehead atoms. The highest BCUT2D eigenvalue weighted by Gasteiger charge is 2.11. The second kappa shape index (κ2) is 7.30. The molecule has 1 aromatic heterocycles. The Balaban J connectivity index is 1.65. The fourth-order valence-electron chi connectivity index (χ4n) is 3.06. The van der Waals surface area contributed by atoms with Crippen LogP contribution in [0.25, 0.3) is 10.8 Å². The number of fused-ring (bicyclic) bond motifs is 1. The Morgan fingerprint density at radius 1 is 0.889 bits per heavy atom. The van der Waals surface area contributed by atoms with Gasteiger partial charge in [0.2, 0.25) is 0 Å². The van der Waals surface area contributed by atoms with Gasteiger partial charge in [0.25, 0.3) is 0 Å². The molecule has 0 aliphatic rings. The lowest BCUT2D eigenvalue weighted by atomic mass is 10.0. The summed E-state index contributed by atoms with van der Waals surface area (Å²) < 4.78 is 5.51. The number of nitrogens with two attached hydrogens (primary N) is 1. The first-order valence-corrected chi connectivity index (χ1v) is 8.69. The van der Waals surface area contributed by atoms with Crippen LogP contribution in [0.4, 0.5) is 5.82 Å². The zero-order valence-corrected chi connectivity index (χ0v) is 14.6. The van der Waals surface area contributed by atoms with Gasteiger partial charge < -0.3 is 10.5 Å². The molecule has 2 N–H and O–H groups in total. The van der Waals surface area contributed by atoms with Gasteiger partial charge in [0.15, 0.2) is 0 Å². The van der Waals surface area contributed by atoms with Crippen molar-refractivity contribution in [2.45, 2.75) is 6.42 Å². The molecule has 0 atom stereocenters. The van der Waals surface area contributed by atoms with Crippen LogP contribution in [0.15, 0.2) is 84.9 Å². The minimum absolute atomic E-state index is 0.388. The van der Waals surface area contributed by atoms with E-state index in [4.69, 9.17) is 10.5 Å². The number of nitrogens with zero attached hydrogens (tertiary/aromatic N) is 1. The first kappa shape index (κ1) is 16.8. The van der Waals surface area contributed by atoms with E-state index in [1.807, 2.05) is 36.4 Å². The van der Waals surface area contributed by atoms with Gasteiger partial charge in [-0.15, -0.1) is 0 Å². The molecular formula is C23H18N2O2. The van der Waals surface area contributed by atoms with Gasteiger partial charge in [-0.2, -0.15) is 0 Å². The number of pyridine rings is 1. The van der Waals surface area contributed by atoms with Crippen molar-refractivity contribution in [2.24, 2.45) is 0 Å². The van der Waals surface area contributed by atoms with Crippen LogP contribution in [0.2, 0.25) is 0 Å². The number of ether oxygens (including phenoxy) is 1. The molecule has 3 aromatic carbocycles. The molecule has 132 valence electrons. The standard InChI is InChI=1S/C23H18N2O2/c24-22-15-18-14-19(27-23(26)17-9-5-2-6-10-17)11-12-20(18)21(25-22)13-16-7-3-1-4-8-16/h1-12,14-15H,13H2,(H2,24,25). The summed E-state index contributed by atoms with van der Waals surface area (Å²) >= 11 is 0. The van der Waals surface area contributed by atoms with E-state index in [1.54, 1.807) is 36.4 Å². The number of hydrogen-bond acceptors (Lipinski definition) is 4. The molecule has 4 rings (SSSR count). The Labute approximate surface area is 157 Å². The van der Waals surface area contributed by atoms with Crippen molar-refractivity contribution in [3.63, 3.8) is 0 Å². The molecule has 0 aliphatic carbocycles. The molecule has 0 spiro atoms. The molecule has 0 saturated heterocycles. The van der Waals surface area contributed by atoms with Gasteiger partial charge >= 0.3 is 5.97 Å². The summed E-state index contributed by atoms with van der Waals surface area (Å²) in [6, 6.07) is 26.4. The topological polar surface area (TPSA) is 65.2 Å². The summed E-state index contributed by atoms with van der Waals surface area (Å²) in [6.45, 7) is 0. The number of benzene rings is 3. The van der Waals surface area contributed by atoms with Crippen LogP contribution in [0.1, 0.15) is 21.6 Å². The first-order chi connectivity index (χ1) is 13.2. The lowest BCUT2D eigenvalue weighted by Gasteiger charge is -2.10. The Morgan fingerprint density at radius 2 is 1.59 bits per heavy atom. The van der Waals surface area contributed by atoms with E-state index >= 15 is 0 Å². The Bertz CT molecular complexity index is 1090. The van der Waals surface area contributed by atoms with Crippen molar-refractivity contribution in [2.75, 3.05) is 5.73 Å². The number of nitrogen functional groups attached to an aromatic ring is 1. The average molecular weight is 354 g/mol. The molecule has 0 radical (unpaired) electrons. The fourth-order valence-corrected chi connectivity index (χ4v) is 3.06. The van der Waals surface area contributed by atoms with E-state index < -0.39 is 0 Å². The fraction of sp³-hybridized carbons (Fsp3) is 0.0435. The summed E-state index contributed by atoms with van der Waals surface area (Å²) in [5, 5.41) is 1.89. The zero-order valence-electron chi connectivity index (χ0n) is 14.6. The number of rotatable bonds is 4. The SMILES string of the molecule is Nc1cc2cc(OC(=O)c3ccccc3)ccc2c(Cc2ccccc2)n1. The van der Waals surface area contributed by atoms with Crippen molar-refractivity contribution in [1.29, 1.82) is 0 Å². The maximum absolute atomic E-state index is 12.3. The van der Waals surface area contributed by atoms with Crippen molar-refractivity contribution < 1.29 is 9.53 Å². The van der Waals surface area contributed by atoms with Gasteiger partial charge in [-0.05, 0) is 47.3 Å². The molecule has 4 heteroatoms. The summed E-state index contributed by atoms with van der Waals surface area (Å²) in [7, 11) is 0. The lowest BCUT2D eigenvalue weighted by Crippen LogP contribution is -2.08. The molecule has 1 heterocycles. The number of anilines is 1. The number of esters is 1. The normalized spacial score (nSPS) is 10.7. The van der Waals surface area contributed by atoms with E-state index in [-0.39, 0.29) is 5.97 Å². The van der Waals surface area contributed by atoms with Gasteiger partial charge in [0.1, 0.15) is 11.6 Å². The maximum Gasteiger partial charge on any atom is 0.343 e. The number of carbonyl (C=O) groups is 1. The van der Waals surface area contributed by atoms with Crippen LogP contribution < -0.4 is 10.5 Å². The largest absolute Gasteiger partial charge is 0.423 e. The van der Waals surface area contributed by atoms with Crippen molar-refractivity contribution >= 4 is 22.6 Å². The van der Waals surface area contributed by atoms with Crippen molar-refractivity contribution in [3.05, 3.63) is 102 Å². The predicted molar refractivity (Wildman–Crippen MR) is 107 cm³/mol. The maximum atomic E-state index is 12.3. The average Bonchev–Trinajstić information content (AvgIpc) is 2.69. The van der Waals surface area contributed by atoms with Crippen LogP contribution >= 0.6 is 0 Å². The van der Waals surface area contributed by atoms with Gasteiger partial charge in [0.05, 0.1) is 11.3 Å². The van der Waals surface area contributed by atoms with Crippen LogP contribution in [0.5, 0.6) is 5.75 Å². The van der Waals surface area contributed by atoms with Crippen LogP contribution in [0.3, 0.4) is 0 Å². The van der Waals surface area contributed by atoms with E-state index in [1.165, 1.54) is 0 Å². The Hall–Kier alpha value is -3.66. The highest BCUT2D eigenvalue weighted by molar-refractivity contribution is 5.92. The first-order valence-electron chi connectivity index (χ1n) is 8.69. The second-order valence-corrected chi connectivity index (χ2v) is 6.29. The molecular weight excluding hydrogens is 336 g/mol. The summed E-state index contributed by atoms with van der Waals surface area (Å²) in [4.78, 5) is 16.8. The van der Waals surface area contributed by atoms with Crippen LogP contribution in [-0.4, -0.2) is 11.0 Å². The molecule has 0 unspecified atom stereocenters. The number of hydrogen-bond donors (Lipinski definition) is 1. The summed E-state index contributed by atoms with van der Waals surface area (Å²) in [5.74, 6) is 0.536. The minimum atomic E-state index is -0.388. The molecule has 27 heavy (non-hydrogen) atoms. The van der Waals surface area contributed by atoms with Gasteiger partial charge in [0, 0.05) is 11.8 Å². The molecule has 4 aromatic rings. The third-order valence-corrected chi connectivity index (χ3v) is 4.34. The van der Waals surface area contributed by atoms with Crippen molar-refractivity contribution in [1.82, 2.24) is 4.98 Å². The lowest BCUT2D eigenvalue weighted by molar-refractivity contribution is 0.0735. The van der Waals surface area contributed by atoms with E-state index in [9.17, 15) is 4.79 Å². The molecule has 0 amide bonds. The molecule has 0 fully saturated rings. The smallest absolute Gasteiger partial charge is 0.343 e. The molecule has 0 saturated carbocycles. The Morgan fingerprint density at radius 3 is 2.33 bits per heavy atom. The highest BCUT2D eigenvalue weighted by Crippen LogP contribution is 2.26. The van der Waals surface area contributed by atoms with E-state index in [0.717, 1.165) is 22.0 Å². The van der Waals surface area contributed by atoms with Crippen molar-refractivity contribution in [3.8, 4) is 5.75 Å². The molecule has 0 aliphatic heterocycles. The van der Waals surface area contributed by atoms with Crippen LogP contribution in [0, 0.1) is 0 Å². The summed E-state index contributed by atoms with van der Waals surface area (Å²) in [6.07, 6.45) is 0.686. The second-order valence-electron chi connectivity index (χ2n) is 6.29. The number of carbonyl (C=O) groups excluding carboxylic acids is 1. The minimum Gasteiger partial charge on any atom is -0.423 e. The van der Waals surface area contributed by atoms with E-state index in [2.05, 4.69) is 17.1 Å². The van der Waals surface area contributed by atoms with Gasteiger partial charge in [-0.25, -0.2) is 9.78 Å². The zero-order chi connectivity index (χ0) is 18.6. The quantitative estimate of drug-likeness (QED) is 0.429. The summed E-state index contributed by atoms with van der Waals surface area (Å²) in [5.41, 5.74) is 8.58. The van der Waals surface area contributed by atoms with Gasteiger partial charge in [-0.3, -0.25) is 0 Å².